The third-order valence-electron chi connectivity index (χ3n) is 2.20. The number of benzene rings is 1. The fourth-order valence-corrected chi connectivity index (χ4v) is 1.34. The molecule has 21 heavy (non-hydrogen) atoms. The summed E-state index contributed by atoms with van der Waals surface area (Å²) in [6.07, 6.45) is -5.35. The van der Waals surface area contributed by atoms with Crippen molar-refractivity contribution in [2.45, 2.75) is 12.6 Å². The minimum atomic E-state index is -4.55. The first kappa shape index (κ1) is 16.5. The van der Waals surface area contributed by atoms with Crippen LogP contribution in [-0.4, -0.2) is 35.6 Å². The van der Waals surface area contributed by atoms with Gasteiger partial charge < -0.3 is 15.7 Å². The number of carboxylic acids is 1. The van der Waals surface area contributed by atoms with E-state index in [0.717, 1.165) is 6.07 Å². The second-order valence-corrected chi connectivity index (χ2v) is 4.00. The Balaban J connectivity index is 2.52. The van der Waals surface area contributed by atoms with Crippen molar-refractivity contribution in [3.8, 4) is 0 Å². The largest absolute Gasteiger partial charge is 0.478 e. The first-order valence-electron chi connectivity index (χ1n) is 5.64. The Labute approximate surface area is 116 Å². The van der Waals surface area contributed by atoms with Gasteiger partial charge >= 0.3 is 12.1 Å². The van der Waals surface area contributed by atoms with Gasteiger partial charge in [0.1, 0.15) is 13.0 Å². The SMILES string of the molecule is O=C(CC(=O)Nc1cccc(C(=O)O)c1)NCC(F)(F)F. The molecule has 0 spiro atoms. The van der Waals surface area contributed by atoms with Crippen LogP contribution < -0.4 is 10.6 Å². The highest BCUT2D eigenvalue weighted by Crippen LogP contribution is 2.13. The normalized spacial score (nSPS) is 10.8. The van der Waals surface area contributed by atoms with Crippen LogP contribution in [0.2, 0.25) is 0 Å². The van der Waals surface area contributed by atoms with Gasteiger partial charge in [0.05, 0.1) is 5.56 Å². The van der Waals surface area contributed by atoms with Crippen LogP contribution in [0.3, 0.4) is 0 Å². The van der Waals surface area contributed by atoms with Gasteiger partial charge in [0.15, 0.2) is 0 Å². The number of halogens is 3. The van der Waals surface area contributed by atoms with Crippen LogP contribution in [0.5, 0.6) is 0 Å². The summed E-state index contributed by atoms with van der Waals surface area (Å²) in [6, 6.07) is 5.22. The molecule has 0 aliphatic carbocycles. The molecule has 0 fully saturated rings. The van der Waals surface area contributed by atoms with Crippen molar-refractivity contribution >= 4 is 23.5 Å². The molecule has 1 aromatic carbocycles. The highest BCUT2D eigenvalue weighted by molar-refractivity contribution is 6.04. The van der Waals surface area contributed by atoms with Gasteiger partial charge in [0.25, 0.3) is 0 Å². The molecule has 0 atom stereocenters. The van der Waals surface area contributed by atoms with E-state index in [1.165, 1.54) is 18.2 Å². The zero-order chi connectivity index (χ0) is 16.0. The number of nitrogens with one attached hydrogen (secondary N) is 2. The summed E-state index contributed by atoms with van der Waals surface area (Å²) in [5.74, 6) is -3.13. The molecule has 0 bridgehead atoms. The topological polar surface area (TPSA) is 95.5 Å². The van der Waals surface area contributed by atoms with E-state index in [2.05, 4.69) is 5.32 Å². The number of hydrogen-bond donors (Lipinski definition) is 3. The van der Waals surface area contributed by atoms with Crippen LogP contribution in [0.15, 0.2) is 24.3 Å². The van der Waals surface area contributed by atoms with Crippen molar-refractivity contribution in [3.63, 3.8) is 0 Å². The Morgan fingerprint density at radius 2 is 1.81 bits per heavy atom. The first-order chi connectivity index (χ1) is 9.67. The molecule has 0 aliphatic heterocycles. The predicted octanol–water partition coefficient (Wildman–Crippen LogP) is 1.39. The maximum atomic E-state index is 11.8. The van der Waals surface area contributed by atoms with Gasteiger partial charge in [0, 0.05) is 5.69 Å². The van der Waals surface area contributed by atoms with Crippen molar-refractivity contribution in [1.29, 1.82) is 0 Å². The van der Waals surface area contributed by atoms with Crippen LogP contribution in [-0.2, 0) is 9.59 Å². The maximum absolute atomic E-state index is 11.8. The second kappa shape index (κ2) is 6.73. The number of hydrogen-bond acceptors (Lipinski definition) is 3. The molecule has 0 aliphatic rings. The monoisotopic (exact) mass is 304 g/mol. The van der Waals surface area contributed by atoms with Crippen LogP contribution in [0.25, 0.3) is 0 Å². The molecule has 0 heterocycles. The van der Waals surface area contributed by atoms with Crippen molar-refractivity contribution in [3.05, 3.63) is 29.8 Å². The van der Waals surface area contributed by atoms with Gasteiger partial charge in [-0.3, -0.25) is 9.59 Å². The summed E-state index contributed by atoms with van der Waals surface area (Å²) in [4.78, 5) is 33.2. The fraction of sp³-hybridized carbons (Fsp3) is 0.250. The third-order valence-corrected chi connectivity index (χ3v) is 2.20. The van der Waals surface area contributed by atoms with Crippen molar-refractivity contribution in [2.75, 3.05) is 11.9 Å². The molecule has 0 aromatic heterocycles. The zero-order valence-electron chi connectivity index (χ0n) is 10.5. The van der Waals surface area contributed by atoms with Crippen molar-refractivity contribution in [2.24, 2.45) is 0 Å². The third kappa shape index (κ3) is 6.41. The first-order valence-corrected chi connectivity index (χ1v) is 5.64. The molecular formula is C12H11F3N2O4. The van der Waals surface area contributed by atoms with Crippen molar-refractivity contribution < 1.29 is 32.7 Å². The van der Waals surface area contributed by atoms with Crippen LogP contribution >= 0.6 is 0 Å². The van der Waals surface area contributed by atoms with E-state index in [0.29, 0.717) is 0 Å². The zero-order valence-corrected chi connectivity index (χ0v) is 10.5. The van der Waals surface area contributed by atoms with E-state index in [4.69, 9.17) is 5.11 Å². The lowest BCUT2D eigenvalue weighted by Gasteiger charge is -2.09. The van der Waals surface area contributed by atoms with Crippen LogP contribution in [0, 0.1) is 0 Å². The van der Waals surface area contributed by atoms with E-state index in [-0.39, 0.29) is 11.3 Å². The number of carbonyl (C=O) groups excluding carboxylic acids is 2. The lowest BCUT2D eigenvalue weighted by Crippen LogP contribution is -2.35. The lowest BCUT2D eigenvalue weighted by molar-refractivity contribution is -0.140. The molecule has 1 aromatic rings. The summed E-state index contributed by atoms with van der Waals surface area (Å²) in [5.41, 5.74) is 0.0536. The predicted molar refractivity (Wildman–Crippen MR) is 65.7 cm³/mol. The summed E-state index contributed by atoms with van der Waals surface area (Å²) in [6.45, 7) is -1.52. The summed E-state index contributed by atoms with van der Waals surface area (Å²) >= 11 is 0. The second-order valence-electron chi connectivity index (χ2n) is 4.00. The quantitative estimate of drug-likeness (QED) is 0.716. The van der Waals surface area contributed by atoms with Gasteiger partial charge in [-0.2, -0.15) is 13.2 Å². The standard InChI is InChI=1S/C12H11F3N2O4/c13-12(14,15)6-16-9(18)5-10(19)17-8-3-1-2-7(4-8)11(20)21/h1-4H,5-6H2,(H,16,18)(H,17,19)(H,20,21). The molecular weight excluding hydrogens is 293 g/mol. The van der Waals surface area contributed by atoms with Gasteiger partial charge in [-0.15, -0.1) is 0 Å². The van der Waals surface area contributed by atoms with Gasteiger partial charge in [-0.05, 0) is 18.2 Å². The Morgan fingerprint density at radius 1 is 1.14 bits per heavy atom. The Hall–Kier alpha value is -2.58. The van der Waals surface area contributed by atoms with E-state index in [1.807, 2.05) is 0 Å². The number of carbonyl (C=O) groups is 3. The number of amides is 2. The van der Waals surface area contributed by atoms with E-state index < -0.39 is 36.9 Å². The number of carboxylic acid groups (broad SMARTS) is 1. The van der Waals surface area contributed by atoms with Crippen LogP contribution in [0.4, 0.5) is 18.9 Å². The minimum absolute atomic E-state index is 0.0747. The van der Waals surface area contributed by atoms with Gasteiger partial charge in [0.2, 0.25) is 11.8 Å². The maximum Gasteiger partial charge on any atom is 0.405 e. The fourth-order valence-electron chi connectivity index (χ4n) is 1.34. The number of aromatic carboxylic acids is 1. The highest BCUT2D eigenvalue weighted by Gasteiger charge is 2.28. The van der Waals surface area contributed by atoms with E-state index >= 15 is 0 Å². The van der Waals surface area contributed by atoms with E-state index in [9.17, 15) is 27.6 Å². The Bertz CT molecular complexity index is 558. The number of alkyl halides is 3. The molecule has 3 N–H and O–H groups in total. The molecule has 0 unspecified atom stereocenters. The van der Waals surface area contributed by atoms with Gasteiger partial charge in [-0.25, -0.2) is 4.79 Å². The minimum Gasteiger partial charge on any atom is -0.478 e. The molecule has 2 amide bonds. The molecule has 6 nitrogen and oxygen atoms in total. The average Bonchev–Trinajstić information content (AvgIpc) is 2.35. The average molecular weight is 304 g/mol. The van der Waals surface area contributed by atoms with Crippen molar-refractivity contribution in [1.82, 2.24) is 5.32 Å². The van der Waals surface area contributed by atoms with Crippen LogP contribution in [0.1, 0.15) is 16.8 Å². The molecule has 0 saturated carbocycles. The molecule has 0 saturated heterocycles. The summed E-state index contributed by atoms with van der Waals surface area (Å²) < 4.78 is 35.5. The molecule has 9 heteroatoms. The highest BCUT2D eigenvalue weighted by atomic mass is 19.4. The molecule has 0 radical (unpaired) electrons. The smallest absolute Gasteiger partial charge is 0.405 e. The summed E-state index contributed by atoms with van der Waals surface area (Å²) in [5, 5.41) is 12.5. The lowest BCUT2D eigenvalue weighted by atomic mass is 10.2. The Kier molecular flexibility index (Phi) is 5.28. The molecule has 1 rings (SSSR count). The number of rotatable bonds is 5. The molecule has 114 valence electrons. The summed E-state index contributed by atoms with van der Waals surface area (Å²) in [7, 11) is 0. The number of anilines is 1. The van der Waals surface area contributed by atoms with Gasteiger partial charge in [-0.1, -0.05) is 6.07 Å². The Morgan fingerprint density at radius 3 is 2.38 bits per heavy atom. The van der Waals surface area contributed by atoms with E-state index in [1.54, 1.807) is 5.32 Å².